The molecule has 0 saturated carbocycles. The lowest BCUT2D eigenvalue weighted by atomic mass is 9.92. The number of rotatable bonds is 2. The Kier molecular flexibility index (Phi) is 3.30. The summed E-state index contributed by atoms with van der Waals surface area (Å²) in [5.74, 6) is 0.0499. The van der Waals surface area contributed by atoms with Gasteiger partial charge in [0.2, 0.25) is 0 Å². The Morgan fingerprint density at radius 1 is 1.31 bits per heavy atom. The van der Waals surface area contributed by atoms with Crippen molar-refractivity contribution in [2.75, 3.05) is 5.73 Å². The molecule has 1 aromatic rings. The third-order valence-electron chi connectivity index (χ3n) is 2.84. The molecule has 0 aliphatic heterocycles. The lowest BCUT2D eigenvalue weighted by Crippen LogP contribution is -2.09. The summed E-state index contributed by atoms with van der Waals surface area (Å²) < 4.78 is 0. The van der Waals surface area contributed by atoms with Gasteiger partial charge in [-0.2, -0.15) is 0 Å². The molecule has 0 heterocycles. The van der Waals surface area contributed by atoms with Crippen LogP contribution in [0.5, 0.6) is 0 Å². The van der Waals surface area contributed by atoms with Crippen LogP contribution in [0.4, 0.5) is 5.69 Å². The fraction of sp³-hybridized carbons (Fsp3) is 0.308. The molecule has 0 unspecified atom stereocenters. The van der Waals surface area contributed by atoms with Crippen molar-refractivity contribution in [3.8, 4) is 0 Å². The average Bonchev–Trinajstić information content (AvgIpc) is 2.29. The largest absolute Gasteiger partial charge is 0.398 e. The molecule has 0 amide bonds. The Balaban J connectivity index is 2.30. The normalized spacial score (nSPS) is 15.7. The van der Waals surface area contributed by atoms with E-state index in [0.29, 0.717) is 16.3 Å². The number of ketones is 1. The van der Waals surface area contributed by atoms with E-state index in [9.17, 15) is 4.79 Å². The molecular formula is C13H14ClNO. The third kappa shape index (κ3) is 2.27. The van der Waals surface area contributed by atoms with Crippen molar-refractivity contribution in [3.05, 3.63) is 40.4 Å². The summed E-state index contributed by atoms with van der Waals surface area (Å²) in [7, 11) is 0. The molecule has 1 aliphatic rings. The molecule has 2 nitrogen and oxygen atoms in total. The van der Waals surface area contributed by atoms with Crippen LogP contribution < -0.4 is 5.73 Å². The topological polar surface area (TPSA) is 43.1 Å². The van der Waals surface area contributed by atoms with E-state index in [4.69, 9.17) is 17.3 Å². The zero-order chi connectivity index (χ0) is 11.5. The predicted molar refractivity (Wildman–Crippen MR) is 66.7 cm³/mol. The van der Waals surface area contributed by atoms with Gasteiger partial charge in [-0.1, -0.05) is 17.7 Å². The number of carbonyl (C=O) groups is 1. The van der Waals surface area contributed by atoms with Gasteiger partial charge in [0, 0.05) is 16.3 Å². The second-order valence-electron chi connectivity index (χ2n) is 4.04. The van der Waals surface area contributed by atoms with Crippen LogP contribution in [-0.4, -0.2) is 5.78 Å². The van der Waals surface area contributed by atoms with Crippen molar-refractivity contribution in [1.29, 1.82) is 0 Å². The molecule has 0 bridgehead atoms. The molecule has 1 aliphatic carbocycles. The minimum atomic E-state index is 0.0499. The number of anilines is 1. The smallest absolute Gasteiger partial charge is 0.190 e. The average molecular weight is 236 g/mol. The number of benzene rings is 1. The first kappa shape index (κ1) is 11.2. The molecule has 0 saturated heterocycles. The van der Waals surface area contributed by atoms with Crippen LogP contribution in [0.2, 0.25) is 5.02 Å². The fourth-order valence-electron chi connectivity index (χ4n) is 1.96. The number of allylic oxidation sites excluding steroid dienone is 2. The van der Waals surface area contributed by atoms with Gasteiger partial charge in [-0.3, -0.25) is 4.79 Å². The van der Waals surface area contributed by atoms with Gasteiger partial charge in [0.05, 0.1) is 0 Å². The highest BCUT2D eigenvalue weighted by atomic mass is 35.5. The van der Waals surface area contributed by atoms with Crippen LogP contribution in [-0.2, 0) is 0 Å². The first-order valence-corrected chi connectivity index (χ1v) is 5.85. The summed E-state index contributed by atoms with van der Waals surface area (Å²) >= 11 is 5.80. The maximum Gasteiger partial charge on any atom is 0.190 e. The minimum absolute atomic E-state index is 0.0499. The zero-order valence-electron chi connectivity index (χ0n) is 9.00. The summed E-state index contributed by atoms with van der Waals surface area (Å²) in [4.78, 5) is 12.1. The van der Waals surface area contributed by atoms with Gasteiger partial charge in [0.1, 0.15) is 0 Å². The van der Waals surface area contributed by atoms with Gasteiger partial charge < -0.3 is 5.73 Å². The van der Waals surface area contributed by atoms with Gasteiger partial charge in [-0.25, -0.2) is 0 Å². The molecular weight excluding hydrogens is 222 g/mol. The van der Waals surface area contributed by atoms with Crippen molar-refractivity contribution < 1.29 is 4.79 Å². The predicted octanol–water partition coefficient (Wildman–Crippen LogP) is 3.61. The molecule has 0 aromatic heterocycles. The van der Waals surface area contributed by atoms with Gasteiger partial charge >= 0.3 is 0 Å². The van der Waals surface area contributed by atoms with E-state index in [1.54, 1.807) is 18.2 Å². The Morgan fingerprint density at radius 2 is 2.12 bits per heavy atom. The van der Waals surface area contributed by atoms with E-state index in [1.807, 2.05) is 6.08 Å². The number of halogens is 1. The van der Waals surface area contributed by atoms with Crippen molar-refractivity contribution >= 4 is 23.1 Å². The number of nitrogen functional groups attached to an aromatic ring is 1. The van der Waals surface area contributed by atoms with Crippen LogP contribution in [0.1, 0.15) is 36.0 Å². The summed E-state index contributed by atoms with van der Waals surface area (Å²) in [5, 5.41) is 0.562. The number of Topliss-reactive ketones (excluding diaryl/α,β-unsaturated/α-hetero) is 1. The van der Waals surface area contributed by atoms with Gasteiger partial charge in [0.15, 0.2) is 5.78 Å². The maximum absolute atomic E-state index is 12.1. The molecule has 0 fully saturated rings. The highest BCUT2D eigenvalue weighted by Gasteiger charge is 2.16. The molecule has 0 radical (unpaired) electrons. The Morgan fingerprint density at radius 3 is 2.75 bits per heavy atom. The van der Waals surface area contributed by atoms with Crippen molar-refractivity contribution in [1.82, 2.24) is 0 Å². The first-order chi connectivity index (χ1) is 7.68. The molecule has 3 heteroatoms. The zero-order valence-corrected chi connectivity index (χ0v) is 9.76. The molecule has 2 N–H and O–H groups in total. The van der Waals surface area contributed by atoms with Gasteiger partial charge in [-0.05, 0) is 49.5 Å². The third-order valence-corrected chi connectivity index (χ3v) is 3.08. The molecule has 2 rings (SSSR count). The Hall–Kier alpha value is -1.28. The number of hydrogen-bond acceptors (Lipinski definition) is 2. The van der Waals surface area contributed by atoms with Crippen LogP contribution in [0.25, 0.3) is 0 Å². The van der Waals surface area contributed by atoms with Crippen LogP contribution in [0.3, 0.4) is 0 Å². The summed E-state index contributed by atoms with van der Waals surface area (Å²) in [6.45, 7) is 0. The summed E-state index contributed by atoms with van der Waals surface area (Å²) in [6.07, 6.45) is 6.15. The lowest BCUT2D eigenvalue weighted by molar-refractivity contribution is 0.102. The van der Waals surface area contributed by atoms with Crippen LogP contribution in [0.15, 0.2) is 29.8 Å². The summed E-state index contributed by atoms with van der Waals surface area (Å²) in [6, 6.07) is 5.03. The van der Waals surface area contributed by atoms with Gasteiger partial charge in [-0.15, -0.1) is 0 Å². The lowest BCUT2D eigenvalue weighted by Gasteiger charge is -2.12. The SMILES string of the molecule is Nc1cc(Cl)ccc1C(=O)C1=CCCCC1. The Labute approximate surface area is 100 Å². The van der Waals surface area contributed by atoms with Crippen molar-refractivity contribution in [2.24, 2.45) is 0 Å². The highest BCUT2D eigenvalue weighted by molar-refractivity contribution is 6.31. The number of hydrogen-bond donors (Lipinski definition) is 1. The first-order valence-electron chi connectivity index (χ1n) is 5.47. The second kappa shape index (κ2) is 4.71. The van der Waals surface area contributed by atoms with E-state index in [2.05, 4.69) is 0 Å². The summed E-state index contributed by atoms with van der Waals surface area (Å²) in [5.41, 5.74) is 7.71. The van der Waals surface area contributed by atoms with E-state index in [0.717, 1.165) is 24.8 Å². The quantitative estimate of drug-likeness (QED) is 0.629. The molecule has 16 heavy (non-hydrogen) atoms. The van der Waals surface area contributed by atoms with Crippen LogP contribution in [0, 0.1) is 0 Å². The molecule has 84 valence electrons. The van der Waals surface area contributed by atoms with E-state index in [1.165, 1.54) is 6.42 Å². The maximum atomic E-state index is 12.1. The molecule has 0 atom stereocenters. The number of carbonyl (C=O) groups excluding carboxylic acids is 1. The fourth-order valence-corrected chi connectivity index (χ4v) is 2.14. The monoisotopic (exact) mass is 235 g/mol. The second-order valence-corrected chi connectivity index (χ2v) is 4.47. The number of nitrogens with two attached hydrogens (primary N) is 1. The van der Waals surface area contributed by atoms with Crippen LogP contribution >= 0.6 is 11.6 Å². The molecule has 1 aromatic carbocycles. The van der Waals surface area contributed by atoms with Gasteiger partial charge in [0.25, 0.3) is 0 Å². The highest BCUT2D eigenvalue weighted by Crippen LogP contribution is 2.25. The Bertz CT molecular complexity index is 451. The standard InChI is InChI=1S/C13H14ClNO/c14-10-6-7-11(12(15)8-10)13(16)9-4-2-1-3-5-9/h4,6-8H,1-3,5,15H2. The van der Waals surface area contributed by atoms with E-state index < -0.39 is 0 Å². The minimum Gasteiger partial charge on any atom is -0.398 e. The van der Waals surface area contributed by atoms with Crippen molar-refractivity contribution in [2.45, 2.75) is 25.7 Å². The van der Waals surface area contributed by atoms with E-state index in [-0.39, 0.29) is 5.78 Å². The molecule has 0 spiro atoms. The van der Waals surface area contributed by atoms with Crippen molar-refractivity contribution in [3.63, 3.8) is 0 Å². The van der Waals surface area contributed by atoms with E-state index >= 15 is 0 Å².